The molecular weight excluding hydrogens is 390 g/mol. The second-order valence-electron chi connectivity index (χ2n) is 7.51. The third-order valence-corrected chi connectivity index (χ3v) is 7.28. The van der Waals surface area contributed by atoms with Crippen molar-refractivity contribution in [3.8, 4) is 10.6 Å². The Morgan fingerprint density at radius 1 is 1.14 bits per heavy atom. The lowest BCUT2D eigenvalue weighted by Crippen LogP contribution is -2.33. The van der Waals surface area contributed by atoms with Crippen molar-refractivity contribution in [3.05, 3.63) is 39.5 Å². The Kier molecular flexibility index (Phi) is 4.98. The van der Waals surface area contributed by atoms with E-state index in [4.69, 9.17) is 0 Å². The first kappa shape index (κ1) is 18.0. The number of likely N-dealkylation sites (tertiary alicyclic amines) is 1. The normalized spacial score (nSPS) is 19.6. The molecule has 5 rings (SSSR count). The van der Waals surface area contributed by atoms with Gasteiger partial charge in [0.2, 0.25) is 5.91 Å². The third kappa shape index (κ3) is 3.39. The zero-order valence-corrected chi connectivity index (χ0v) is 17.3. The lowest BCUT2D eigenvalue weighted by molar-refractivity contribution is -0.131. The fraction of sp³-hybridized carbons (Fsp3) is 0.500. The van der Waals surface area contributed by atoms with E-state index < -0.39 is 0 Å². The van der Waals surface area contributed by atoms with Crippen LogP contribution in [0.5, 0.6) is 0 Å². The van der Waals surface area contributed by atoms with Crippen LogP contribution in [0.4, 0.5) is 0 Å². The lowest BCUT2D eigenvalue weighted by Gasteiger charge is -2.24. The summed E-state index contributed by atoms with van der Waals surface area (Å²) in [7, 11) is 0. The molecule has 2 aliphatic heterocycles. The van der Waals surface area contributed by atoms with E-state index in [-0.39, 0.29) is 11.9 Å². The fourth-order valence-corrected chi connectivity index (χ4v) is 5.78. The Balaban J connectivity index is 1.33. The second-order valence-corrected chi connectivity index (χ2v) is 9.15. The van der Waals surface area contributed by atoms with E-state index in [1.165, 1.54) is 19.3 Å². The molecule has 5 heterocycles. The largest absolute Gasteiger partial charge is 0.332 e. The standard InChI is InChI=1S/C20H23N5OS2/c26-18(11-15-13-28-20(21-15)14-7-10-27-12-14)24-9-4-5-16(24)19-23-22-17-6-2-1-3-8-25(17)19/h7,10,12-13,16H,1-6,8-9,11H2. The van der Waals surface area contributed by atoms with E-state index in [0.29, 0.717) is 6.42 Å². The minimum atomic E-state index is 0.0572. The molecule has 0 spiro atoms. The summed E-state index contributed by atoms with van der Waals surface area (Å²) in [6, 6.07) is 2.13. The van der Waals surface area contributed by atoms with Crippen molar-refractivity contribution in [2.45, 2.75) is 57.5 Å². The van der Waals surface area contributed by atoms with Gasteiger partial charge in [-0.1, -0.05) is 6.42 Å². The van der Waals surface area contributed by atoms with Gasteiger partial charge in [-0.2, -0.15) is 11.3 Å². The van der Waals surface area contributed by atoms with Gasteiger partial charge in [-0.15, -0.1) is 21.5 Å². The van der Waals surface area contributed by atoms with Crippen molar-refractivity contribution in [1.82, 2.24) is 24.6 Å². The first-order valence-electron chi connectivity index (χ1n) is 9.98. The molecule has 0 aromatic carbocycles. The van der Waals surface area contributed by atoms with Gasteiger partial charge in [0.15, 0.2) is 5.82 Å². The van der Waals surface area contributed by atoms with Crippen LogP contribution in [0.25, 0.3) is 10.6 Å². The summed E-state index contributed by atoms with van der Waals surface area (Å²) in [5.74, 6) is 2.22. The van der Waals surface area contributed by atoms with E-state index in [0.717, 1.165) is 60.3 Å². The number of carbonyl (C=O) groups is 1. The highest BCUT2D eigenvalue weighted by Gasteiger charge is 2.34. The second kappa shape index (κ2) is 7.75. The Labute approximate surface area is 172 Å². The summed E-state index contributed by atoms with van der Waals surface area (Å²) in [4.78, 5) is 19.8. The van der Waals surface area contributed by atoms with Crippen molar-refractivity contribution in [1.29, 1.82) is 0 Å². The maximum Gasteiger partial charge on any atom is 0.229 e. The van der Waals surface area contributed by atoms with Crippen molar-refractivity contribution < 1.29 is 4.79 Å². The highest BCUT2D eigenvalue weighted by molar-refractivity contribution is 7.14. The summed E-state index contributed by atoms with van der Waals surface area (Å²) in [5, 5.41) is 16.1. The molecule has 6 nitrogen and oxygen atoms in total. The molecule has 0 radical (unpaired) electrons. The fourth-order valence-electron chi connectivity index (χ4n) is 4.25. The zero-order valence-electron chi connectivity index (χ0n) is 15.7. The summed E-state index contributed by atoms with van der Waals surface area (Å²) >= 11 is 3.28. The van der Waals surface area contributed by atoms with Gasteiger partial charge in [0.1, 0.15) is 10.8 Å². The van der Waals surface area contributed by atoms with Gasteiger partial charge in [-0.05, 0) is 37.1 Å². The highest BCUT2D eigenvalue weighted by atomic mass is 32.1. The van der Waals surface area contributed by atoms with E-state index in [9.17, 15) is 4.79 Å². The summed E-state index contributed by atoms with van der Waals surface area (Å²) in [6.07, 6.45) is 6.95. The molecule has 0 N–H and O–H groups in total. The molecule has 0 bridgehead atoms. The molecular formula is C20H23N5OS2. The Morgan fingerprint density at radius 3 is 3.00 bits per heavy atom. The van der Waals surface area contributed by atoms with E-state index >= 15 is 0 Å². The van der Waals surface area contributed by atoms with Crippen molar-refractivity contribution >= 4 is 28.6 Å². The number of aromatic nitrogens is 4. The van der Waals surface area contributed by atoms with Crippen molar-refractivity contribution in [2.75, 3.05) is 6.54 Å². The Bertz CT molecular complexity index is 961. The number of hydrogen-bond donors (Lipinski definition) is 0. The smallest absolute Gasteiger partial charge is 0.229 e. The molecule has 0 saturated carbocycles. The van der Waals surface area contributed by atoms with Crippen LogP contribution in [0.15, 0.2) is 22.2 Å². The molecule has 28 heavy (non-hydrogen) atoms. The summed E-state index contributed by atoms with van der Waals surface area (Å²) in [5.41, 5.74) is 2.00. The van der Waals surface area contributed by atoms with Crippen LogP contribution < -0.4 is 0 Å². The maximum absolute atomic E-state index is 13.1. The summed E-state index contributed by atoms with van der Waals surface area (Å²) in [6.45, 7) is 1.78. The molecule has 1 unspecified atom stereocenters. The highest BCUT2D eigenvalue weighted by Crippen LogP contribution is 2.33. The van der Waals surface area contributed by atoms with Crippen LogP contribution in [-0.2, 0) is 24.2 Å². The van der Waals surface area contributed by atoms with Gasteiger partial charge in [0.25, 0.3) is 0 Å². The molecule has 1 atom stereocenters. The average molecular weight is 414 g/mol. The average Bonchev–Trinajstić information content (AvgIpc) is 3.47. The van der Waals surface area contributed by atoms with Crippen LogP contribution in [0.1, 0.15) is 55.5 Å². The molecule has 3 aromatic heterocycles. The quantitative estimate of drug-likeness (QED) is 0.646. The minimum absolute atomic E-state index is 0.0572. The number of thiazole rings is 1. The van der Waals surface area contributed by atoms with Crippen LogP contribution >= 0.6 is 22.7 Å². The van der Waals surface area contributed by atoms with Crippen molar-refractivity contribution in [2.24, 2.45) is 0 Å². The molecule has 1 fully saturated rings. The summed E-state index contributed by atoms with van der Waals surface area (Å²) < 4.78 is 2.28. The number of thiophene rings is 1. The molecule has 1 saturated heterocycles. The van der Waals surface area contributed by atoms with Crippen molar-refractivity contribution in [3.63, 3.8) is 0 Å². The van der Waals surface area contributed by atoms with Gasteiger partial charge in [0.05, 0.1) is 18.2 Å². The van der Waals surface area contributed by atoms with Crippen LogP contribution in [0, 0.1) is 0 Å². The topological polar surface area (TPSA) is 63.9 Å². The van der Waals surface area contributed by atoms with E-state index in [2.05, 4.69) is 36.6 Å². The van der Waals surface area contributed by atoms with Gasteiger partial charge < -0.3 is 9.47 Å². The molecule has 3 aromatic rings. The van der Waals surface area contributed by atoms with Crippen LogP contribution in [0.2, 0.25) is 0 Å². The van der Waals surface area contributed by atoms with Gasteiger partial charge >= 0.3 is 0 Å². The number of fused-ring (bicyclic) bond motifs is 1. The number of nitrogens with zero attached hydrogens (tertiary/aromatic N) is 5. The number of amides is 1. The number of aryl methyl sites for hydroxylation is 1. The minimum Gasteiger partial charge on any atom is -0.332 e. The third-order valence-electron chi connectivity index (χ3n) is 5.66. The molecule has 0 aliphatic carbocycles. The first-order valence-corrected chi connectivity index (χ1v) is 11.8. The lowest BCUT2D eigenvalue weighted by atomic mass is 10.2. The Morgan fingerprint density at radius 2 is 2.11 bits per heavy atom. The number of hydrogen-bond acceptors (Lipinski definition) is 6. The zero-order chi connectivity index (χ0) is 18.9. The van der Waals surface area contributed by atoms with E-state index in [1.54, 1.807) is 22.7 Å². The molecule has 8 heteroatoms. The van der Waals surface area contributed by atoms with Crippen LogP contribution in [-0.4, -0.2) is 37.1 Å². The SMILES string of the molecule is O=C(Cc1csc(-c2ccsc2)n1)N1CCCC1c1nnc2n1CCCCC2. The van der Waals surface area contributed by atoms with E-state index in [1.807, 2.05) is 10.3 Å². The predicted molar refractivity (Wildman–Crippen MR) is 110 cm³/mol. The first-order chi connectivity index (χ1) is 13.8. The molecule has 146 valence electrons. The van der Waals surface area contributed by atoms with Gasteiger partial charge in [0, 0.05) is 35.8 Å². The number of rotatable bonds is 4. The van der Waals surface area contributed by atoms with Gasteiger partial charge in [-0.25, -0.2) is 4.98 Å². The molecule has 1 amide bonds. The van der Waals surface area contributed by atoms with Crippen LogP contribution in [0.3, 0.4) is 0 Å². The number of carbonyl (C=O) groups excluding carboxylic acids is 1. The molecule has 2 aliphatic rings. The monoisotopic (exact) mass is 413 g/mol. The predicted octanol–water partition coefficient (Wildman–Crippen LogP) is 4.10. The Hall–Kier alpha value is -2.06. The maximum atomic E-state index is 13.1. The van der Waals surface area contributed by atoms with Gasteiger partial charge in [-0.3, -0.25) is 4.79 Å².